The molecular weight excluding hydrogens is 384 g/mol. The molecule has 0 bridgehead atoms. The Morgan fingerprint density at radius 1 is 0.935 bits per heavy atom. The number of hydrogen-bond acceptors (Lipinski definition) is 4. The molecular formula is C26H46N4O. The van der Waals surface area contributed by atoms with E-state index in [9.17, 15) is 0 Å². The second kappa shape index (κ2) is 12.7. The Morgan fingerprint density at radius 2 is 1.52 bits per heavy atom. The lowest BCUT2D eigenvalue weighted by atomic mass is 9.89. The van der Waals surface area contributed by atoms with Gasteiger partial charge in [0.25, 0.3) is 0 Å². The van der Waals surface area contributed by atoms with E-state index in [0.717, 1.165) is 30.7 Å². The van der Waals surface area contributed by atoms with Gasteiger partial charge in [-0.2, -0.15) is 5.10 Å². The molecule has 0 spiro atoms. The first-order valence-electron chi connectivity index (χ1n) is 13.0. The summed E-state index contributed by atoms with van der Waals surface area (Å²) >= 11 is 0. The normalized spacial score (nSPS) is 23.0. The molecule has 2 saturated heterocycles. The molecule has 5 nitrogen and oxygen atoms in total. The highest BCUT2D eigenvalue weighted by atomic mass is 16.1. The van der Waals surface area contributed by atoms with Gasteiger partial charge < -0.3 is 14.6 Å². The Balaban J connectivity index is 0.000000858. The summed E-state index contributed by atoms with van der Waals surface area (Å²) in [7, 11) is 0. The fourth-order valence-electron chi connectivity index (χ4n) is 5.71. The second-order valence-corrected chi connectivity index (χ2v) is 10.4. The maximum Gasteiger partial charge on any atom is 0.116 e. The number of carbonyl (C=O) groups is 1. The van der Waals surface area contributed by atoms with E-state index in [2.05, 4.69) is 45.8 Å². The maximum absolute atomic E-state index is 8.81. The quantitative estimate of drug-likeness (QED) is 0.598. The summed E-state index contributed by atoms with van der Waals surface area (Å²) in [5.41, 5.74) is 1.37. The number of likely N-dealkylation sites (tertiary alicyclic amines) is 2. The van der Waals surface area contributed by atoms with Crippen LogP contribution in [0, 0.1) is 11.8 Å². The minimum absolute atomic E-state index is 0.583. The number of piperidine rings is 2. The highest BCUT2D eigenvalue weighted by molar-refractivity contribution is 5.44. The smallest absolute Gasteiger partial charge is 0.116 e. The molecule has 0 amide bonds. The van der Waals surface area contributed by atoms with Gasteiger partial charge in [0.1, 0.15) is 6.29 Å². The lowest BCUT2D eigenvalue weighted by Gasteiger charge is -2.41. The molecule has 176 valence electrons. The minimum atomic E-state index is 0.583. The van der Waals surface area contributed by atoms with Crippen LogP contribution in [0.25, 0.3) is 0 Å². The Hall–Kier alpha value is -1.20. The molecule has 1 aromatic rings. The van der Waals surface area contributed by atoms with Crippen LogP contribution in [-0.4, -0.2) is 64.6 Å². The number of nitrogens with zero attached hydrogens (tertiary/aromatic N) is 4. The van der Waals surface area contributed by atoms with Gasteiger partial charge in [0.05, 0.1) is 6.20 Å². The first-order chi connectivity index (χ1) is 15.1. The van der Waals surface area contributed by atoms with E-state index in [0.29, 0.717) is 5.92 Å². The highest BCUT2D eigenvalue weighted by Gasteiger charge is 2.28. The highest BCUT2D eigenvalue weighted by Crippen LogP contribution is 2.28. The molecule has 2 aliphatic heterocycles. The van der Waals surface area contributed by atoms with Crippen molar-refractivity contribution in [3.8, 4) is 0 Å². The third-order valence-corrected chi connectivity index (χ3v) is 7.73. The van der Waals surface area contributed by atoms with Gasteiger partial charge in [0.15, 0.2) is 0 Å². The predicted molar refractivity (Wildman–Crippen MR) is 128 cm³/mol. The van der Waals surface area contributed by atoms with Crippen LogP contribution in [0.2, 0.25) is 0 Å². The maximum atomic E-state index is 8.81. The van der Waals surface area contributed by atoms with Crippen molar-refractivity contribution in [3.05, 3.63) is 18.0 Å². The Morgan fingerprint density at radius 3 is 2.10 bits per heavy atom. The van der Waals surface area contributed by atoms with Crippen molar-refractivity contribution in [2.75, 3.05) is 32.7 Å². The molecule has 1 aromatic heterocycles. The number of aromatic nitrogens is 2. The number of hydrogen-bond donors (Lipinski definition) is 0. The van der Waals surface area contributed by atoms with Crippen molar-refractivity contribution in [2.45, 2.75) is 97.1 Å². The van der Waals surface area contributed by atoms with Crippen LogP contribution in [0.1, 0.15) is 90.0 Å². The largest absolute Gasteiger partial charge is 0.304 e. The third kappa shape index (κ3) is 7.71. The van der Waals surface area contributed by atoms with Crippen LogP contribution in [0.15, 0.2) is 12.4 Å². The molecule has 3 fully saturated rings. The summed E-state index contributed by atoms with van der Waals surface area (Å²) < 4.78 is 2.19. The molecule has 0 atom stereocenters. The van der Waals surface area contributed by atoms with Crippen LogP contribution in [0.3, 0.4) is 0 Å². The lowest BCUT2D eigenvalue weighted by molar-refractivity contribution is -0.106. The lowest BCUT2D eigenvalue weighted by Crippen LogP contribution is -2.45. The van der Waals surface area contributed by atoms with Crippen molar-refractivity contribution in [1.29, 1.82) is 0 Å². The average Bonchev–Trinajstić information content (AvgIpc) is 3.26. The number of rotatable bonds is 6. The van der Waals surface area contributed by atoms with Crippen LogP contribution in [0.4, 0.5) is 0 Å². The topological polar surface area (TPSA) is 41.4 Å². The molecule has 3 aliphatic rings. The number of aldehydes is 1. The molecule has 4 rings (SSSR count). The fourth-order valence-corrected chi connectivity index (χ4v) is 5.71. The van der Waals surface area contributed by atoms with Crippen molar-refractivity contribution < 1.29 is 4.79 Å². The minimum Gasteiger partial charge on any atom is -0.304 e. The summed E-state index contributed by atoms with van der Waals surface area (Å²) in [6.07, 6.45) is 18.0. The van der Waals surface area contributed by atoms with E-state index in [1.807, 2.05) is 0 Å². The SMILES string of the molecule is CC(C)c1cnn(CC2CCN(CC3CCN(C4CCCCC4)CC3)CC2)c1.CC=O. The van der Waals surface area contributed by atoms with Crippen LogP contribution in [-0.2, 0) is 11.3 Å². The van der Waals surface area contributed by atoms with Crippen LogP contribution in [0.5, 0.6) is 0 Å². The zero-order valence-corrected chi connectivity index (χ0v) is 20.3. The van der Waals surface area contributed by atoms with Crippen molar-refractivity contribution in [3.63, 3.8) is 0 Å². The van der Waals surface area contributed by atoms with Gasteiger partial charge in [-0.25, -0.2) is 0 Å². The zero-order valence-electron chi connectivity index (χ0n) is 20.3. The molecule has 3 heterocycles. The summed E-state index contributed by atoms with van der Waals surface area (Å²) in [5.74, 6) is 2.33. The average molecular weight is 431 g/mol. The van der Waals surface area contributed by atoms with E-state index >= 15 is 0 Å². The Labute approximate surface area is 190 Å². The first-order valence-corrected chi connectivity index (χ1v) is 13.0. The van der Waals surface area contributed by atoms with E-state index in [-0.39, 0.29) is 0 Å². The third-order valence-electron chi connectivity index (χ3n) is 7.73. The van der Waals surface area contributed by atoms with Gasteiger partial charge in [0, 0.05) is 25.3 Å². The number of carbonyl (C=O) groups excluding carboxylic acids is 1. The van der Waals surface area contributed by atoms with E-state index in [1.165, 1.54) is 103 Å². The summed E-state index contributed by atoms with van der Waals surface area (Å²) in [5, 5.41) is 4.59. The van der Waals surface area contributed by atoms with Crippen molar-refractivity contribution in [2.24, 2.45) is 11.8 Å². The predicted octanol–water partition coefficient (Wildman–Crippen LogP) is 4.97. The molecule has 0 aromatic carbocycles. The molecule has 5 heteroatoms. The van der Waals surface area contributed by atoms with Crippen LogP contribution >= 0.6 is 0 Å². The van der Waals surface area contributed by atoms with Gasteiger partial charge in [-0.1, -0.05) is 33.1 Å². The first kappa shape index (κ1) is 24.4. The molecule has 0 unspecified atom stereocenters. The molecule has 0 radical (unpaired) electrons. The zero-order chi connectivity index (χ0) is 22.1. The van der Waals surface area contributed by atoms with Crippen molar-refractivity contribution in [1.82, 2.24) is 19.6 Å². The molecule has 0 N–H and O–H groups in total. The molecule has 1 saturated carbocycles. The van der Waals surface area contributed by atoms with Crippen molar-refractivity contribution >= 4 is 6.29 Å². The summed E-state index contributed by atoms with van der Waals surface area (Å²) in [6, 6.07) is 0.920. The molecule has 31 heavy (non-hydrogen) atoms. The standard InChI is InChI=1S/C24H42N4.C2H4O/c1-20(2)23-16-25-28(19-23)18-22-8-12-26(13-9-22)17-21-10-14-27(15-11-21)24-6-4-3-5-7-24;1-2-3/h16,19-22,24H,3-15,17-18H2,1-2H3;2H,1H3. The van der Waals surface area contributed by atoms with Gasteiger partial charge in [-0.3, -0.25) is 4.68 Å². The van der Waals surface area contributed by atoms with Gasteiger partial charge in [0.2, 0.25) is 0 Å². The Kier molecular flexibility index (Phi) is 10.0. The Bertz CT molecular complexity index is 621. The molecule has 1 aliphatic carbocycles. The summed E-state index contributed by atoms with van der Waals surface area (Å²) in [6.45, 7) is 13.7. The van der Waals surface area contributed by atoms with E-state index in [4.69, 9.17) is 4.79 Å². The van der Waals surface area contributed by atoms with Gasteiger partial charge >= 0.3 is 0 Å². The van der Waals surface area contributed by atoms with Crippen LogP contribution < -0.4 is 0 Å². The fraction of sp³-hybridized carbons (Fsp3) is 0.846. The monoisotopic (exact) mass is 430 g/mol. The van der Waals surface area contributed by atoms with E-state index < -0.39 is 0 Å². The van der Waals surface area contributed by atoms with Gasteiger partial charge in [-0.15, -0.1) is 0 Å². The second-order valence-electron chi connectivity index (χ2n) is 10.4. The van der Waals surface area contributed by atoms with Gasteiger partial charge in [-0.05, 0) is 94.9 Å². The summed E-state index contributed by atoms with van der Waals surface area (Å²) in [4.78, 5) is 14.4. The van der Waals surface area contributed by atoms with E-state index in [1.54, 1.807) is 0 Å².